The van der Waals surface area contributed by atoms with E-state index in [9.17, 15) is 33.6 Å². The maximum Gasteiger partial charge on any atom is 0.416 e. The number of carbonyl (C=O) groups excluding carboxylic acids is 7. The zero-order valence-corrected chi connectivity index (χ0v) is 37.6. The fraction of sp³-hybridized carbons (Fsp3) is 0.422. The summed E-state index contributed by atoms with van der Waals surface area (Å²) in [4.78, 5) is 100. The lowest BCUT2D eigenvalue weighted by Crippen LogP contribution is -2.54. The van der Waals surface area contributed by atoms with Crippen molar-refractivity contribution in [1.82, 2.24) is 45.0 Å². The van der Waals surface area contributed by atoms with Gasteiger partial charge in [-0.15, -0.1) is 5.10 Å². The highest BCUT2D eigenvalue weighted by atomic mass is 16.6. The minimum absolute atomic E-state index is 0.0178. The Hall–Kier alpha value is -7.66. The number of pyridine rings is 1. The fourth-order valence-corrected chi connectivity index (χ4v) is 7.60. The van der Waals surface area contributed by atoms with Crippen molar-refractivity contribution in [2.45, 2.75) is 77.6 Å². The lowest BCUT2D eigenvalue weighted by molar-refractivity contribution is -0.136. The summed E-state index contributed by atoms with van der Waals surface area (Å²) >= 11 is 0. The first-order valence-corrected chi connectivity index (χ1v) is 22.1. The summed E-state index contributed by atoms with van der Waals surface area (Å²) in [5.74, 6) is -2.68. The molecule has 68 heavy (non-hydrogen) atoms. The number of anilines is 2. The largest absolute Gasteiger partial charge is 0.444 e. The number of fused-ring (bicyclic) bond motifs is 1. The number of ketones is 1. The molecule has 1 saturated carbocycles. The van der Waals surface area contributed by atoms with Crippen molar-refractivity contribution in [3.63, 3.8) is 0 Å². The first-order chi connectivity index (χ1) is 32.6. The number of primary amides is 1. The molecular formula is C45H50N12O11. The summed E-state index contributed by atoms with van der Waals surface area (Å²) < 4.78 is 25.7. The SMILES string of the molecule is CC(C)(C)OC(=O)N(CC1CC1)c1cc(-c2nc(C(=O)Cc3cn(Cc4cn(CCOCCOCCNc5cccc6c5C(=O)N(C5CCC(=O)NC5=O)C6=O)nn4)nc3C(N)=O)co2)ccn1. The molecule has 8 rings (SSSR count). The zero-order chi connectivity index (χ0) is 48.1. The number of hydrogen-bond donors (Lipinski definition) is 3. The van der Waals surface area contributed by atoms with Crippen molar-refractivity contribution in [3.05, 3.63) is 89.0 Å². The molecule has 356 valence electrons. The Morgan fingerprint density at radius 2 is 1.78 bits per heavy atom. The van der Waals surface area contributed by atoms with Crippen molar-refractivity contribution in [2.24, 2.45) is 11.7 Å². The van der Waals surface area contributed by atoms with Gasteiger partial charge >= 0.3 is 6.09 Å². The average molecular weight is 935 g/mol. The van der Waals surface area contributed by atoms with E-state index in [1.807, 2.05) is 0 Å². The van der Waals surface area contributed by atoms with Gasteiger partial charge in [0.05, 0.1) is 56.8 Å². The van der Waals surface area contributed by atoms with Crippen LogP contribution in [0.25, 0.3) is 11.5 Å². The van der Waals surface area contributed by atoms with Crippen molar-refractivity contribution in [2.75, 3.05) is 49.7 Å². The molecule has 2 fully saturated rings. The van der Waals surface area contributed by atoms with Crippen molar-refractivity contribution in [1.29, 1.82) is 0 Å². The van der Waals surface area contributed by atoms with Crippen molar-refractivity contribution in [3.8, 4) is 11.5 Å². The molecule has 4 N–H and O–H groups in total. The predicted octanol–water partition coefficient (Wildman–Crippen LogP) is 2.80. The van der Waals surface area contributed by atoms with Gasteiger partial charge in [0, 0.05) is 55.1 Å². The van der Waals surface area contributed by atoms with Crippen LogP contribution in [0.5, 0.6) is 0 Å². The molecule has 5 aromatic rings. The van der Waals surface area contributed by atoms with Crippen LogP contribution in [0, 0.1) is 5.92 Å². The summed E-state index contributed by atoms with van der Waals surface area (Å²) in [6.45, 7) is 7.82. The maximum absolute atomic E-state index is 13.4. The van der Waals surface area contributed by atoms with E-state index in [1.165, 1.54) is 28.1 Å². The molecule has 0 radical (unpaired) electrons. The lowest BCUT2D eigenvalue weighted by atomic mass is 10.0. The van der Waals surface area contributed by atoms with E-state index in [2.05, 4.69) is 36.0 Å². The van der Waals surface area contributed by atoms with Gasteiger partial charge in [0.1, 0.15) is 35.1 Å². The molecule has 6 amide bonds. The van der Waals surface area contributed by atoms with Crippen LogP contribution in [0.2, 0.25) is 0 Å². The van der Waals surface area contributed by atoms with Crippen LogP contribution in [-0.2, 0) is 43.3 Å². The highest BCUT2D eigenvalue weighted by Crippen LogP contribution is 2.34. The van der Waals surface area contributed by atoms with Crippen LogP contribution in [0.3, 0.4) is 0 Å². The molecule has 2 aliphatic heterocycles. The summed E-state index contributed by atoms with van der Waals surface area (Å²) in [6.07, 6.45) is 7.38. The van der Waals surface area contributed by atoms with E-state index < -0.39 is 53.1 Å². The van der Waals surface area contributed by atoms with Crippen LogP contribution in [0.15, 0.2) is 59.6 Å². The fourth-order valence-electron chi connectivity index (χ4n) is 7.60. The number of piperidine rings is 1. The van der Waals surface area contributed by atoms with Crippen LogP contribution >= 0.6 is 0 Å². The van der Waals surface area contributed by atoms with Crippen LogP contribution in [0.4, 0.5) is 16.3 Å². The highest BCUT2D eigenvalue weighted by Gasteiger charge is 2.45. The first-order valence-electron chi connectivity index (χ1n) is 22.1. The van der Waals surface area contributed by atoms with Gasteiger partial charge in [-0.3, -0.25) is 48.6 Å². The summed E-state index contributed by atoms with van der Waals surface area (Å²) in [7, 11) is 0. The normalized spacial score (nSPS) is 15.9. The third-order valence-electron chi connectivity index (χ3n) is 11.0. The first kappa shape index (κ1) is 46.9. The molecule has 0 bridgehead atoms. The predicted molar refractivity (Wildman–Crippen MR) is 237 cm³/mol. The van der Waals surface area contributed by atoms with Gasteiger partial charge < -0.3 is 29.7 Å². The molecule has 4 aromatic heterocycles. The topological polar surface area (TPSA) is 291 Å². The van der Waals surface area contributed by atoms with Gasteiger partial charge in [-0.25, -0.2) is 19.4 Å². The number of amides is 6. The van der Waals surface area contributed by atoms with E-state index in [0.717, 1.165) is 17.7 Å². The number of Topliss-reactive ketones (excluding diaryl/α,β-unsaturated/α-hetero) is 1. The van der Waals surface area contributed by atoms with E-state index in [0.29, 0.717) is 60.5 Å². The molecule has 0 spiro atoms. The number of nitrogens with two attached hydrogens (primary N) is 1. The number of benzene rings is 1. The molecule has 23 heteroatoms. The Balaban J connectivity index is 0.771. The van der Waals surface area contributed by atoms with E-state index in [1.54, 1.807) is 62.1 Å². The summed E-state index contributed by atoms with van der Waals surface area (Å²) in [5, 5.41) is 17.9. The van der Waals surface area contributed by atoms with Gasteiger partial charge in [-0.1, -0.05) is 11.3 Å². The Kier molecular flexibility index (Phi) is 13.8. The minimum atomic E-state index is -1.05. The van der Waals surface area contributed by atoms with E-state index in [4.69, 9.17) is 24.4 Å². The highest BCUT2D eigenvalue weighted by molar-refractivity contribution is 6.25. The number of rotatable bonds is 21. The Morgan fingerprint density at radius 3 is 2.53 bits per heavy atom. The number of oxazole rings is 1. The molecule has 23 nitrogen and oxygen atoms in total. The molecular weight excluding hydrogens is 885 g/mol. The number of aromatic nitrogens is 7. The second-order valence-corrected chi connectivity index (χ2v) is 17.4. The van der Waals surface area contributed by atoms with E-state index >= 15 is 0 Å². The Bertz CT molecular complexity index is 2750. The van der Waals surface area contributed by atoms with Crippen molar-refractivity contribution < 1.29 is 52.2 Å². The molecule has 1 unspecified atom stereocenters. The third-order valence-corrected chi connectivity index (χ3v) is 11.0. The second kappa shape index (κ2) is 20.1. The van der Waals surface area contributed by atoms with Crippen LogP contribution < -0.4 is 21.3 Å². The monoisotopic (exact) mass is 934 g/mol. The molecule has 3 aliphatic rings. The Labute approximate surface area is 388 Å². The summed E-state index contributed by atoms with van der Waals surface area (Å²) in [6, 6.07) is 7.10. The molecule has 1 aliphatic carbocycles. The number of hydrogen-bond acceptors (Lipinski definition) is 17. The molecule has 1 atom stereocenters. The number of imide groups is 2. The smallest absolute Gasteiger partial charge is 0.416 e. The van der Waals surface area contributed by atoms with E-state index in [-0.39, 0.29) is 74.0 Å². The van der Waals surface area contributed by atoms with Crippen molar-refractivity contribution >= 4 is 52.9 Å². The lowest BCUT2D eigenvalue weighted by Gasteiger charge is -2.27. The van der Waals surface area contributed by atoms with Gasteiger partial charge in [0.25, 0.3) is 17.7 Å². The second-order valence-electron chi connectivity index (χ2n) is 17.4. The van der Waals surface area contributed by atoms with Gasteiger partial charge in [0.15, 0.2) is 11.5 Å². The molecule has 1 aromatic carbocycles. The number of ether oxygens (including phenoxy) is 3. The average Bonchev–Trinajstić information content (AvgIpc) is 3.56. The standard InChI is InChI=1S/C45H50N12O11/c1-45(2,3)68-44(64)56(21-26-7-8-26)35-20-27(11-12-48-35)41-49-32(25-67-41)34(58)19-28-22-55(52-38(28)39(46)60)24-29-23-54(53-51-29)14-16-66-18-17-65-15-13-47-31-6-4-5-30-37(31)43(63)57(42(30)62)33-9-10-36(59)50-40(33)61/h4-6,11-12,20,22-23,25-26,33,47H,7-10,13-19,21,24H2,1-3H3,(H2,46,60)(H,50,59,61). The maximum atomic E-state index is 13.4. The number of nitrogens with one attached hydrogen (secondary N) is 2. The molecule has 1 saturated heterocycles. The summed E-state index contributed by atoms with van der Waals surface area (Å²) in [5.41, 5.74) is 6.99. The Morgan fingerprint density at radius 1 is 0.985 bits per heavy atom. The quantitative estimate of drug-likeness (QED) is 0.0541. The van der Waals surface area contributed by atoms with Crippen LogP contribution in [-0.4, -0.2) is 132 Å². The third kappa shape index (κ3) is 11.1. The van der Waals surface area contributed by atoms with Gasteiger partial charge in [-0.2, -0.15) is 5.10 Å². The minimum Gasteiger partial charge on any atom is -0.444 e. The van der Waals surface area contributed by atoms with Gasteiger partial charge in [0.2, 0.25) is 17.7 Å². The zero-order valence-electron chi connectivity index (χ0n) is 37.6. The van der Waals surface area contributed by atoms with Crippen LogP contribution in [0.1, 0.15) is 99.4 Å². The molecule has 6 heterocycles. The number of carbonyl (C=O) groups is 7. The number of nitrogens with zero attached hydrogens (tertiary/aromatic N) is 9. The van der Waals surface area contributed by atoms with Gasteiger partial charge in [-0.05, 0) is 70.2 Å².